The monoisotopic (exact) mass is 356 g/mol. The van der Waals surface area contributed by atoms with Gasteiger partial charge in [0.2, 0.25) is 0 Å². The SMILES string of the molecule is O=C(O)CCc1cc2n(n1)CCN(C(=O)c1cc3cc(F)ccc3[nH]1)C2. The Bertz CT molecular complexity index is 1010. The van der Waals surface area contributed by atoms with Crippen molar-refractivity contribution in [2.24, 2.45) is 0 Å². The highest BCUT2D eigenvalue weighted by Gasteiger charge is 2.24. The Morgan fingerprint density at radius 3 is 2.88 bits per heavy atom. The molecule has 3 heterocycles. The van der Waals surface area contributed by atoms with E-state index in [4.69, 9.17) is 5.11 Å². The Morgan fingerprint density at radius 2 is 2.08 bits per heavy atom. The van der Waals surface area contributed by atoms with Crippen molar-refractivity contribution < 1.29 is 19.1 Å². The number of rotatable bonds is 4. The fraction of sp³-hybridized carbons (Fsp3) is 0.278. The first-order chi connectivity index (χ1) is 12.5. The molecular weight excluding hydrogens is 339 g/mol. The lowest BCUT2D eigenvalue weighted by Gasteiger charge is -2.27. The number of carboxylic acids is 1. The number of aryl methyl sites for hydroxylation is 1. The summed E-state index contributed by atoms with van der Waals surface area (Å²) in [5.41, 5.74) is 2.74. The molecular formula is C18H17FN4O3. The predicted octanol–water partition coefficient (Wildman–Crippen LogP) is 2.18. The van der Waals surface area contributed by atoms with Crippen molar-refractivity contribution in [3.05, 3.63) is 53.2 Å². The molecule has 0 spiro atoms. The molecule has 1 aromatic carbocycles. The molecule has 0 unspecified atom stereocenters. The number of carboxylic acid groups (broad SMARTS) is 1. The second kappa shape index (κ2) is 6.29. The number of halogens is 1. The van der Waals surface area contributed by atoms with Crippen LogP contribution in [0.4, 0.5) is 4.39 Å². The number of H-pyrrole nitrogens is 1. The molecule has 2 N–H and O–H groups in total. The van der Waals surface area contributed by atoms with E-state index in [2.05, 4.69) is 10.1 Å². The number of aromatic nitrogens is 3. The molecule has 3 aromatic rings. The van der Waals surface area contributed by atoms with Crippen LogP contribution in [0.1, 0.15) is 28.3 Å². The third-order valence-electron chi connectivity index (χ3n) is 4.54. The highest BCUT2D eigenvalue weighted by atomic mass is 19.1. The van der Waals surface area contributed by atoms with Gasteiger partial charge in [-0.15, -0.1) is 0 Å². The summed E-state index contributed by atoms with van der Waals surface area (Å²) in [5, 5.41) is 13.8. The van der Waals surface area contributed by atoms with E-state index < -0.39 is 5.97 Å². The number of hydrogen-bond acceptors (Lipinski definition) is 3. The van der Waals surface area contributed by atoms with E-state index in [0.29, 0.717) is 42.7 Å². The number of aliphatic carboxylic acids is 1. The minimum Gasteiger partial charge on any atom is -0.481 e. The van der Waals surface area contributed by atoms with Gasteiger partial charge in [-0.1, -0.05) is 0 Å². The van der Waals surface area contributed by atoms with Gasteiger partial charge < -0.3 is 15.0 Å². The summed E-state index contributed by atoms with van der Waals surface area (Å²) in [7, 11) is 0. The van der Waals surface area contributed by atoms with E-state index in [1.807, 2.05) is 10.7 Å². The molecule has 0 fully saturated rings. The van der Waals surface area contributed by atoms with E-state index in [9.17, 15) is 14.0 Å². The zero-order valence-corrected chi connectivity index (χ0v) is 13.9. The van der Waals surface area contributed by atoms with Crippen molar-refractivity contribution in [1.29, 1.82) is 0 Å². The first-order valence-corrected chi connectivity index (χ1v) is 8.34. The number of nitrogens with one attached hydrogen (secondary N) is 1. The predicted molar refractivity (Wildman–Crippen MR) is 91.2 cm³/mol. The number of fused-ring (bicyclic) bond motifs is 2. The van der Waals surface area contributed by atoms with Gasteiger partial charge in [0.25, 0.3) is 5.91 Å². The molecule has 0 saturated carbocycles. The average Bonchev–Trinajstić information content (AvgIpc) is 3.21. The van der Waals surface area contributed by atoms with Crippen LogP contribution in [0.3, 0.4) is 0 Å². The quantitative estimate of drug-likeness (QED) is 0.750. The Balaban J connectivity index is 1.52. The molecule has 0 aliphatic carbocycles. The molecule has 2 aromatic heterocycles. The lowest BCUT2D eigenvalue weighted by molar-refractivity contribution is -0.136. The standard InChI is InChI=1S/C18H17FN4O3/c19-12-1-3-15-11(7-12)8-16(20-15)18(26)22-5-6-23-14(10-22)9-13(21-23)2-4-17(24)25/h1,3,7-9,20H,2,4-6,10H2,(H,24,25). The van der Waals surface area contributed by atoms with Crippen molar-refractivity contribution in [2.75, 3.05) is 6.54 Å². The molecule has 0 atom stereocenters. The molecule has 1 aliphatic rings. The lowest BCUT2D eigenvalue weighted by Crippen LogP contribution is -2.38. The van der Waals surface area contributed by atoms with Crippen molar-refractivity contribution >= 4 is 22.8 Å². The highest BCUT2D eigenvalue weighted by Crippen LogP contribution is 2.20. The van der Waals surface area contributed by atoms with Gasteiger partial charge in [0, 0.05) is 23.9 Å². The van der Waals surface area contributed by atoms with E-state index in [1.165, 1.54) is 12.1 Å². The molecule has 0 radical (unpaired) electrons. The van der Waals surface area contributed by atoms with Crippen molar-refractivity contribution in [1.82, 2.24) is 19.7 Å². The fourth-order valence-electron chi connectivity index (χ4n) is 3.25. The third kappa shape index (κ3) is 3.05. The minimum absolute atomic E-state index is 0.0325. The van der Waals surface area contributed by atoms with E-state index >= 15 is 0 Å². The van der Waals surface area contributed by atoms with Crippen LogP contribution in [-0.4, -0.2) is 43.2 Å². The summed E-state index contributed by atoms with van der Waals surface area (Å²) in [4.78, 5) is 28.2. The number of carbonyl (C=O) groups is 2. The van der Waals surface area contributed by atoms with Gasteiger partial charge in [0.15, 0.2) is 0 Å². The Morgan fingerprint density at radius 1 is 1.23 bits per heavy atom. The molecule has 7 nitrogen and oxygen atoms in total. The largest absolute Gasteiger partial charge is 0.481 e. The van der Waals surface area contributed by atoms with Crippen molar-refractivity contribution in [2.45, 2.75) is 25.9 Å². The van der Waals surface area contributed by atoms with Gasteiger partial charge in [-0.25, -0.2) is 4.39 Å². The maximum atomic E-state index is 13.3. The van der Waals surface area contributed by atoms with E-state index in [0.717, 1.165) is 11.4 Å². The zero-order chi connectivity index (χ0) is 18.3. The molecule has 4 rings (SSSR count). The van der Waals surface area contributed by atoms with Gasteiger partial charge in [-0.3, -0.25) is 14.3 Å². The van der Waals surface area contributed by atoms with Crippen LogP contribution >= 0.6 is 0 Å². The van der Waals surface area contributed by atoms with Crippen molar-refractivity contribution in [3.63, 3.8) is 0 Å². The number of nitrogens with zero attached hydrogens (tertiary/aromatic N) is 3. The van der Waals surface area contributed by atoms with E-state index in [1.54, 1.807) is 17.0 Å². The van der Waals surface area contributed by atoms with Crippen LogP contribution < -0.4 is 0 Å². The minimum atomic E-state index is -0.858. The lowest BCUT2D eigenvalue weighted by atomic mass is 10.2. The van der Waals surface area contributed by atoms with Gasteiger partial charge in [0.1, 0.15) is 11.5 Å². The number of hydrogen-bond donors (Lipinski definition) is 2. The normalized spacial score (nSPS) is 13.8. The summed E-state index contributed by atoms with van der Waals surface area (Å²) < 4.78 is 15.1. The van der Waals surface area contributed by atoms with Crippen LogP contribution in [-0.2, 0) is 24.3 Å². The third-order valence-corrected chi connectivity index (χ3v) is 4.54. The van der Waals surface area contributed by atoms with Gasteiger partial charge in [-0.05, 0) is 30.3 Å². The summed E-state index contributed by atoms with van der Waals surface area (Å²) in [6.45, 7) is 1.47. The van der Waals surface area contributed by atoms with Crippen LogP contribution in [0.15, 0.2) is 30.3 Å². The molecule has 0 bridgehead atoms. The Kier molecular flexibility index (Phi) is 3.95. The van der Waals surface area contributed by atoms with Gasteiger partial charge >= 0.3 is 5.97 Å². The molecule has 0 saturated heterocycles. The summed E-state index contributed by atoms with van der Waals surface area (Å²) >= 11 is 0. The molecule has 134 valence electrons. The Labute approximate surface area is 148 Å². The van der Waals surface area contributed by atoms with Crippen LogP contribution in [0.5, 0.6) is 0 Å². The number of amides is 1. The van der Waals surface area contributed by atoms with Crippen LogP contribution in [0, 0.1) is 5.82 Å². The first-order valence-electron chi connectivity index (χ1n) is 8.34. The second-order valence-corrected chi connectivity index (χ2v) is 6.39. The smallest absolute Gasteiger partial charge is 0.303 e. The van der Waals surface area contributed by atoms with Crippen LogP contribution in [0.2, 0.25) is 0 Å². The first kappa shape index (κ1) is 16.3. The summed E-state index contributed by atoms with van der Waals surface area (Å²) in [6.07, 6.45) is 0.404. The highest BCUT2D eigenvalue weighted by molar-refractivity contribution is 5.98. The zero-order valence-electron chi connectivity index (χ0n) is 13.9. The molecule has 1 amide bonds. The van der Waals surface area contributed by atoms with Gasteiger partial charge in [0.05, 0.1) is 30.9 Å². The van der Waals surface area contributed by atoms with Gasteiger partial charge in [-0.2, -0.15) is 5.10 Å². The molecule has 1 aliphatic heterocycles. The molecule has 26 heavy (non-hydrogen) atoms. The second-order valence-electron chi connectivity index (χ2n) is 6.39. The molecule has 8 heteroatoms. The topological polar surface area (TPSA) is 91.2 Å². The van der Waals surface area contributed by atoms with Crippen LogP contribution in [0.25, 0.3) is 10.9 Å². The van der Waals surface area contributed by atoms with E-state index in [-0.39, 0.29) is 18.1 Å². The number of carbonyl (C=O) groups excluding carboxylic acids is 1. The van der Waals surface area contributed by atoms with Crippen molar-refractivity contribution in [3.8, 4) is 0 Å². The Hall–Kier alpha value is -3.16. The number of aromatic amines is 1. The summed E-state index contributed by atoms with van der Waals surface area (Å²) in [6, 6.07) is 7.86. The summed E-state index contributed by atoms with van der Waals surface area (Å²) in [5.74, 6) is -1.35. The average molecular weight is 356 g/mol. The fourth-order valence-corrected chi connectivity index (χ4v) is 3.25. The number of benzene rings is 1. The maximum Gasteiger partial charge on any atom is 0.303 e. The maximum absolute atomic E-state index is 13.3.